The maximum atomic E-state index is 10.6. The molecule has 2 heteroatoms. The Morgan fingerprint density at radius 1 is 1.17 bits per heavy atom. The molecule has 1 aliphatic carbocycles. The molecule has 1 fully saturated rings. The summed E-state index contributed by atoms with van der Waals surface area (Å²) < 4.78 is 0. The summed E-state index contributed by atoms with van der Waals surface area (Å²) in [4.78, 5) is 2.34. The smallest absolute Gasteiger partial charge is 0.0994 e. The van der Waals surface area contributed by atoms with Crippen molar-refractivity contribution < 1.29 is 5.11 Å². The second-order valence-electron chi connectivity index (χ2n) is 5.85. The van der Waals surface area contributed by atoms with E-state index < -0.39 is 5.60 Å². The monoisotopic (exact) mass is 247 g/mol. The Morgan fingerprint density at radius 2 is 1.78 bits per heavy atom. The van der Waals surface area contributed by atoms with Crippen molar-refractivity contribution in [2.75, 3.05) is 13.6 Å². The van der Waals surface area contributed by atoms with Crippen LogP contribution in [0.4, 0.5) is 0 Å². The van der Waals surface area contributed by atoms with Crippen LogP contribution in [0, 0.1) is 0 Å². The lowest BCUT2D eigenvalue weighted by atomic mass is 9.91. The van der Waals surface area contributed by atoms with Crippen molar-refractivity contribution in [3.63, 3.8) is 0 Å². The van der Waals surface area contributed by atoms with Crippen molar-refractivity contribution >= 4 is 0 Å². The Morgan fingerprint density at radius 3 is 2.39 bits per heavy atom. The number of hydrogen-bond acceptors (Lipinski definition) is 2. The van der Waals surface area contributed by atoms with Gasteiger partial charge in [0.15, 0.2) is 0 Å². The molecule has 0 bridgehead atoms. The summed E-state index contributed by atoms with van der Waals surface area (Å²) >= 11 is 0. The van der Waals surface area contributed by atoms with Gasteiger partial charge in [-0.1, -0.05) is 49.6 Å². The van der Waals surface area contributed by atoms with Crippen LogP contribution >= 0.6 is 0 Å². The van der Waals surface area contributed by atoms with Crippen LogP contribution in [0.25, 0.3) is 0 Å². The Hall–Kier alpha value is -0.860. The molecule has 0 aliphatic heterocycles. The van der Waals surface area contributed by atoms with Gasteiger partial charge in [-0.15, -0.1) is 0 Å². The van der Waals surface area contributed by atoms with E-state index in [1.165, 1.54) is 32.1 Å². The molecule has 0 aromatic heterocycles. The van der Waals surface area contributed by atoms with E-state index in [4.69, 9.17) is 0 Å². The van der Waals surface area contributed by atoms with Crippen LogP contribution in [0.5, 0.6) is 0 Å². The van der Waals surface area contributed by atoms with E-state index in [0.29, 0.717) is 12.6 Å². The number of nitrogens with zero attached hydrogens (tertiary/aromatic N) is 1. The van der Waals surface area contributed by atoms with E-state index in [0.717, 1.165) is 5.56 Å². The summed E-state index contributed by atoms with van der Waals surface area (Å²) in [6.45, 7) is 2.63. The summed E-state index contributed by atoms with van der Waals surface area (Å²) in [6, 6.07) is 10.6. The summed E-state index contributed by atoms with van der Waals surface area (Å²) in [7, 11) is 2.15. The lowest BCUT2D eigenvalue weighted by Crippen LogP contribution is -2.42. The largest absolute Gasteiger partial charge is 0.384 e. The normalized spacial score (nSPS) is 20.9. The molecule has 1 unspecified atom stereocenters. The first-order valence-electron chi connectivity index (χ1n) is 7.08. The highest BCUT2D eigenvalue weighted by Gasteiger charge is 2.28. The number of rotatable bonds is 4. The minimum atomic E-state index is -0.756. The first-order valence-corrected chi connectivity index (χ1v) is 7.08. The number of benzene rings is 1. The van der Waals surface area contributed by atoms with Gasteiger partial charge in [-0.25, -0.2) is 0 Å². The van der Waals surface area contributed by atoms with Crippen LogP contribution in [0.3, 0.4) is 0 Å². The zero-order valence-corrected chi connectivity index (χ0v) is 11.6. The lowest BCUT2D eigenvalue weighted by molar-refractivity contribution is 0.00643. The Labute approximate surface area is 111 Å². The molecule has 0 amide bonds. The molecule has 1 aromatic rings. The lowest BCUT2D eigenvalue weighted by Gasteiger charge is -2.36. The molecule has 1 aromatic carbocycles. The van der Waals surface area contributed by atoms with Crippen LogP contribution in [-0.4, -0.2) is 29.6 Å². The molecule has 18 heavy (non-hydrogen) atoms. The molecule has 0 radical (unpaired) electrons. The highest BCUT2D eigenvalue weighted by molar-refractivity contribution is 5.21. The maximum absolute atomic E-state index is 10.6. The topological polar surface area (TPSA) is 23.5 Å². The van der Waals surface area contributed by atoms with Crippen LogP contribution in [-0.2, 0) is 5.60 Å². The zero-order valence-electron chi connectivity index (χ0n) is 11.6. The van der Waals surface area contributed by atoms with Crippen LogP contribution in [0.2, 0.25) is 0 Å². The van der Waals surface area contributed by atoms with Crippen molar-refractivity contribution in [2.45, 2.75) is 50.7 Å². The standard InChI is InChI=1S/C16H25NO/c1-16(18,14-9-5-3-6-10-14)13-17(2)15-11-7-4-8-12-15/h3,5-6,9-10,15,18H,4,7-8,11-13H2,1-2H3. The van der Waals surface area contributed by atoms with E-state index in [2.05, 4.69) is 11.9 Å². The fraction of sp³-hybridized carbons (Fsp3) is 0.625. The summed E-state index contributed by atoms with van der Waals surface area (Å²) in [5.74, 6) is 0. The zero-order chi connectivity index (χ0) is 13.0. The highest BCUT2D eigenvalue weighted by atomic mass is 16.3. The molecule has 2 rings (SSSR count). The predicted octanol–water partition coefficient (Wildman–Crippen LogP) is 3.16. The third-order valence-corrected chi connectivity index (χ3v) is 4.15. The minimum absolute atomic E-state index is 0.647. The van der Waals surface area contributed by atoms with Crippen molar-refractivity contribution in [2.24, 2.45) is 0 Å². The Bertz CT molecular complexity index is 355. The second-order valence-corrected chi connectivity index (χ2v) is 5.85. The molecular weight excluding hydrogens is 222 g/mol. The predicted molar refractivity (Wildman–Crippen MR) is 75.5 cm³/mol. The SMILES string of the molecule is CN(CC(C)(O)c1ccccc1)C1CCCCC1. The number of hydrogen-bond donors (Lipinski definition) is 1. The van der Waals surface area contributed by atoms with Gasteiger partial charge >= 0.3 is 0 Å². The van der Waals surface area contributed by atoms with Gasteiger partial charge in [-0.2, -0.15) is 0 Å². The molecular formula is C16H25NO. The van der Waals surface area contributed by atoms with E-state index in [1.54, 1.807) is 0 Å². The minimum Gasteiger partial charge on any atom is -0.384 e. The van der Waals surface area contributed by atoms with Crippen molar-refractivity contribution in [3.05, 3.63) is 35.9 Å². The summed E-state index contributed by atoms with van der Waals surface area (Å²) in [6.07, 6.45) is 6.60. The van der Waals surface area contributed by atoms with E-state index in [-0.39, 0.29) is 0 Å². The third kappa shape index (κ3) is 3.33. The fourth-order valence-corrected chi connectivity index (χ4v) is 3.03. The third-order valence-electron chi connectivity index (χ3n) is 4.15. The van der Waals surface area contributed by atoms with E-state index in [9.17, 15) is 5.11 Å². The molecule has 1 aliphatic rings. The van der Waals surface area contributed by atoms with Gasteiger partial charge in [-0.3, -0.25) is 0 Å². The van der Waals surface area contributed by atoms with Crippen molar-refractivity contribution in [1.82, 2.24) is 4.90 Å². The van der Waals surface area contributed by atoms with Crippen LogP contribution in [0.15, 0.2) is 30.3 Å². The molecule has 100 valence electrons. The Kier molecular flexibility index (Phi) is 4.41. The average Bonchev–Trinajstić information content (AvgIpc) is 2.40. The van der Waals surface area contributed by atoms with Gasteiger partial charge in [0.2, 0.25) is 0 Å². The van der Waals surface area contributed by atoms with E-state index >= 15 is 0 Å². The van der Waals surface area contributed by atoms with E-state index in [1.807, 2.05) is 37.3 Å². The van der Waals surface area contributed by atoms with Gasteiger partial charge in [0, 0.05) is 12.6 Å². The molecule has 0 saturated heterocycles. The van der Waals surface area contributed by atoms with Crippen molar-refractivity contribution in [3.8, 4) is 0 Å². The molecule has 0 spiro atoms. The summed E-state index contributed by atoms with van der Waals surface area (Å²) in [5.41, 5.74) is 0.251. The number of likely N-dealkylation sites (N-methyl/N-ethyl adjacent to an activating group) is 1. The molecule has 1 saturated carbocycles. The second kappa shape index (κ2) is 5.85. The molecule has 1 N–H and O–H groups in total. The maximum Gasteiger partial charge on any atom is 0.0994 e. The fourth-order valence-electron chi connectivity index (χ4n) is 3.03. The van der Waals surface area contributed by atoms with Crippen LogP contribution < -0.4 is 0 Å². The average molecular weight is 247 g/mol. The first kappa shape index (κ1) is 13.6. The molecule has 1 atom stereocenters. The van der Waals surface area contributed by atoms with Gasteiger partial charge in [0.25, 0.3) is 0 Å². The number of aliphatic hydroxyl groups is 1. The Balaban J connectivity index is 1.98. The first-order chi connectivity index (χ1) is 8.59. The van der Waals surface area contributed by atoms with Gasteiger partial charge in [0.05, 0.1) is 5.60 Å². The highest BCUT2D eigenvalue weighted by Crippen LogP contribution is 2.26. The molecule has 0 heterocycles. The van der Waals surface area contributed by atoms with Crippen LogP contribution in [0.1, 0.15) is 44.6 Å². The van der Waals surface area contributed by atoms with Crippen molar-refractivity contribution in [1.29, 1.82) is 0 Å². The quantitative estimate of drug-likeness (QED) is 0.883. The molecule has 2 nitrogen and oxygen atoms in total. The van der Waals surface area contributed by atoms with Gasteiger partial charge in [-0.05, 0) is 32.4 Å². The van der Waals surface area contributed by atoms with Gasteiger partial charge in [0.1, 0.15) is 0 Å². The summed E-state index contributed by atoms with van der Waals surface area (Å²) in [5, 5.41) is 10.6. The van der Waals surface area contributed by atoms with Gasteiger partial charge < -0.3 is 10.0 Å².